The van der Waals surface area contributed by atoms with E-state index in [1.807, 2.05) is 6.07 Å². The first-order valence-corrected chi connectivity index (χ1v) is 7.21. The Kier molecular flexibility index (Phi) is 4.65. The highest BCUT2D eigenvalue weighted by Crippen LogP contribution is 2.14. The van der Waals surface area contributed by atoms with E-state index >= 15 is 0 Å². The molecule has 1 aliphatic heterocycles. The van der Waals surface area contributed by atoms with Crippen molar-refractivity contribution in [2.75, 3.05) is 26.3 Å². The monoisotopic (exact) mass is 299 g/mol. The van der Waals surface area contributed by atoms with Crippen LogP contribution in [0.4, 0.5) is 0 Å². The van der Waals surface area contributed by atoms with E-state index in [0.29, 0.717) is 32.0 Å². The van der Waals surface area contributed by atoms with Crippen molar-refractivity contribution in [2.45, 2.75) is 6.42 Å². The fraction of sp³-hybridized carbons (Fsp3) is 0.400. The molecule has 0 bridgehead atoms. The predicted molar refractivity (Wildman–Crippen MR) is 78.0 cm³/mol. The quantitative estimate of drug-likeness (QED) is 0.825. The van der Waals surface area contributed by atoms with Crippen molar-refractivity contribution in [2.24, 2.45) is 5.92 Å². The van der Waals surface area contributed by atoms with Crippen LogP contribution in [0, 0.1) is 5.92 Å². The van der Waals surface area contributed by atoms with Crippen LogP contribution in [0.3, 0.4) is 0 Å². The molecule has 0 aromatic carbocycles. The highest BCUT2D eigenvalue weighted by Gasteiger charge is 2.24. The largest absolute Gasteiger partial charge is 0.379 e. The maximum atomic E-state index is 12.5. The van der Waals surface area contributed by atoms with Crippen LogP contribution in [0.25, 0.3) is 0 Å². The molecule has 1 fully saturated rings. The number of rotatable bonds is 3. The topological polar surface area (TPSA) is 81.1 Å². The van der Waals surface area contributed by atoms with Crippen LogP contribution < -0.4 is 0 Å². The number of ether oxygens (including phenoxy) is 1. The summed E-state index contributed by atoms with van der Waals surface area (Å²) in [5.74, 6) is 0.101. The molecule has 22 heavy (non-hydrogen) atoms. The van der Waals surface area contributed by atoms with Crippen molar-refractivity contribution >= 4 is 5.91 Å². The lowest BCUT2D eigenvalue weighted by atomic mass is 10.0. The van der Waals surface area contributed by atoms with Crippen molar-refractivity contribution in [1.29, 1.82) is 0 Å². The summed E-state index contributed by atoms with van der Waals surface area (Å²) in [6.07, 6.45) is 8.60. The van der Waals surface area contributed by atoms with Gasteiger partial charge in [-0.1, -0.05) is 0 Å². The molecule has 1 amide bonds. The first-order valence-electron chi connectivity index (χ1n) is 7.21. The Morgan fingerprint density at radius 2 is 2.23 bits per heavy atom. The van der Waals surface area contributed by atoms with E-state index in [4.69, 9.17) is 4.74 Å². The van der Waals surface area contributed by atoms with E-state index in [2.05, 4.69) is 19.9 Å². The Morgan fingerprint density at radius 3 is 3.00 bits per heavy atom. The zero-order valence-electron chi connectivity index (χ0n) is 12.1. The third-order valence-electron chi connectivity index (χ3n) is 3.55. The molecule has 1 aliphatic rings. The fourth-order valence-corrected chi connectivity index (χ4v) is 2.49. The molecule has 7 nitrogen and oxygen atoms in total. The smallest absolute Gasteiger partial charge is 0.274 e. The second-order valence-electron chi connectivity index (χ2n) is 5.19. The summed E-state index contributed by atoms with van der Waals surface area (Å²) in [5, 5.41) is 0. The van der Waals surface area contributed by atoms with E-state index in [0.717, 1.165) is 12.1 Å². The lowest BCUT2D eigenvalue weighted by Crippen LogP contribution is -2.37. The second kappa shape index (κ2) is 7.04. The highest BCUT2D eigenvalue weighted by molar-refractivity contribution is 5.91. The standard InChI is InChI=1S/C15H17N5O2/c21-15(14-8-16-3-4-18-14)20-5-6-22-10-12(9-20)7-13-1-2-17-11-19-13/h1-4,8,11-12H,5-7,9-10H2. The van der Waals surface area contributed by atoms with Gasteiger partial charge in [-0.25, -0.2) is 15.0 Å². The molecule has 7 heteroatoms. The van der Waals surface area contributed by atoms with E-state index in [9.17, 15) is 4.79 Å². The molecular weight excluding hydrogens is 282 g/mol. The lowest BCUT2D eigenvalue weighted by Gasteiger charge is -2.23. The molecule has 3 heterocycles. The molecule has 3 rings (SSSR count). The van der Waals surface area contributed by atoms with Gasteiger partial charge in [0.15, 0.2) is 0 Å². The molecule has 114 valence electrons. The van der Waals surface area contributed by atoms with Gasteiger partial charge in [0.25, 0.3) is 5.91 Å². The first-order chi connectivity index (χ1) is 10.8. The summed E-state index contributed by atoms with van der Waals surface area (Å²) >= 11 is 0. The lowest BCUT2D eigenvalue weighted by molar-refractivity contribution is 0.0731. The molecule has 0 saturated carbocycles. The molecular formula is C15H17N5O2. The van der Waals surface area contributed by atoms with Crippen LogP contribution in [0.5, 0.6) is 0 Å². The van der Waals surface area contributed by atoms with Gasteiger partial charge in [0, 0.05) is 43.3 Å². The van der Waals surface area contributed by atoms with Gasteiger partial charge in [-0.15, -0.1) is 0 Å². The van der Waals surface area contributed by atoms with E-state index in [-0.39, 0.29) is 11.8 Å². The molecule has 0 N–H and O–H groups in total. The molecule has 1 atom stereocenters. The minimum Gasteiger partial charge on any atom is -0.379 e. The number of carbonyl (C=O) groups is 1. The van der Waals surface area contributed by atoms with Gasteiger partial charge in [0.1, 0.15) is 12.0 Å². The highest BCUT2D eigenvalue weighted by atomic mass is 16.5. The maximum absolute atomic E-state index is 12.5. The number of aromatic nitrogens is 4. The van der Waals surface area contributed by atoms with Gasteiger partial charge in [0.2, 0.25) is 0 Å². The maximum Gasteiger partial charge on any atom is 0.274 e. The Bertz CT molecular complexity index is 608. The van der Waals surface area contributed by atoms with Crippen molar-refractivity contribution in [1.82, 2.24) is 24.8 Å². The van der Waals surface area contributed by atoms with E-state index in [1.54, 1.807) is 17.3 Å². The third-order valence-corrected chi connectivity index (χ3v) is 3.55. The predicted octanol–water partition coefficient (Wildman–Crippen LogP) is 0.598. The Labute approximate surface area is 128 Å². The molecule has 2 aromatic rings. The van der Waals surface area contributed by atoms with E-state index in [1.165, 1.54) is 18.7 Å². The Hall–Kier alpha value is -2.41. The average molecular weight is 299 g/mol. The minimum absolute atomic E-state index is 0.105. The number of hydrogen-bond donors (Lipinski definition) is 0. The summed E-state index contributed by atoms with van der Waals surface area (Å²) in [6, 6.07) is 1.89. The van der Waals surface area contributed by atoms with Gasteiger partial charge in [0.05, 0.1) is 19.4 Å². The van der Waals surface area contributed by atoms with Crippen molar-refractivity contribution < 1.29 is 9.53 Å². The normalized spacial score (nSPS) is 18.7. The Morgan fingerprint density at radius 1 is 1.27 bits per heavy atom. The van der Waals surface area contributed by atoms with Crippen molar-refractivity contribution in [3.63, 3.8) is 0 Å². The van der Waals surface area contributed by atoms with E-state index < -0.39 is 0 Å². The summed E-state index contributed by atoms with van der Waals surface area (Å²) in [5.41, 5.74) is 1.32. The average Bonchev–Trinajstić information content (AvgIpc) is 2.81. The summed E-state index contributed by atoms with van der Waals surface area (Å²) < 4.78 is 5.62. The van der Waals surface area contributed by atoms with Gasteiger partial charge < -0.3 is 9.64 Å². The second-order valence-corrected chi connectivity index (χ2v) is 5.19. The van der Waals surface area contributed by atoms with Crippen molar-refractivity contribution in [3.8, 4) is 0 Å². The van der Waals surface area contributed by atoms with Crippen LogP contribution in [0.2, 0.25) is 0 Å². The third kappa shape index (κ3) is 3.62. The van der Waals surface area contributed by atoms with Crippen LogP contribution in [-0.2, 0) is 11.2 Å². The van der Waals surface area contributed by atoms with Gasteiger partial charge >= 0.3 is 0 Å². The number of hydrogen-bond acceptors (Lipinski definition) is 6. The number of nitrogens with zero attached hydrogens (tertiary/aromatic N) is 5. The molecule has 0 radical (unpaired) electrons. The van der Waals surface area contributed by atoms with Crippen LogP contribution in [0.1, 0.15) is 16.2 Å². The number of carbonyl (C=O) groups excluding carboxylic acids is 1. The zero-order valence-corrected chi connectivity index (χ0v) is 12.1. The molecule has 1 saturated heterocycles. The molecule has 2 aromatic heterocycles. The summed E-state index contributed by atoms with van der Waals surface area (Å²) in [7, 11) is 0. The first kappa shape index (κ1) is 14.5. The number of amides is 1. The van der Waals surface area contributed by atoms with Crippen LogP contribution in [0.15, 0.2) is 37.2 Å². The van der Waals surface area contributed by atoms with Crippen molar-refractivity contribution in [3.05, 3.63) is 48.6 Å². The SMILES string of the molecule is O=C(c1cnccn1)N1CCOCC(Cc2ccncn2)C1. The van der Waals surface area contributed by atoms with Gasteiger partial charge in [-0.3, -0.25) is 9.78 Å². The molecule has 0 spiro atoms. The summed E-state index contributed by atoms with van der Waals surface area (Å²) in [4.78, 5) is 30.5. The van der Waals surface area contributed by atoms with Gasteiger partial charge in [-0.2, -0.15) is 0 Å². The van der Waals surface area contributed by atoms with Gasteiger partial charge in [-0.05, 0) is 12.5 Å². The summed E-state index contributed by atoms with van der Waals surface area (Å²) in [6.45, 7) is 2.34. The molecule has 0 aliphatic carbocycles. The molecule has 1 unspecified atom stereocenters. The van der Waals surface area contributed by atoms with Crippen LogP contribution >= 0.6 is 0 Å². The van der Waals surface area contributed by atoms with Crippen LogP contribution in [-0.4, -0.2) is 57.0 Å². The minimum atomic E-state index is -0.105. The fourth-order valence-electron chi connectivity index (χ4n) is 2.49. The zero-order chi connectivity index (χ0) is 15.2. The Balaban J connectivity index is 1.69.